The summed E-state index contributed by atoms with van der Waals surface area (Å²) in [5.74, 6) is 0. The predicted molar refractivity (Wildman–Crippen MR) is 86.9 cm³/mol. The zero-order chi connectivity index (χ0) is 15.8. The summed E-state index contributed by atoms with van der Waals surface area (Å²) in [4.78, 5) is 11.6. The van der Waals surface area contributed by atoms with Gasteiger partial charge in [-0.2, -0.15) is 10.4 Å². The fraction of sp³-hybridized carbons (Fsp3) is 0. The zero-order valence-corrected chi connectivity index (χ0v) is 12.1. The first-order valence-corrected chi connectivity index (χ1v) is 6.66. The van der Waals surface area contributed by atoms with Crippen LogP contribution in [0.25, 0.3) is 0 Å². The molecule has 22 heavy (non-hydrogen) atoms. The quantitative estimate of drug-likeness (QED) is 0.459. The van der Waals surface area contributed by atoms with Crippen molar-refractivity contribution in [2.24, 2.45) is 5.10 Å². The molecule has 2 aromatic rings. The molecule has 2 rings (SSSR count). The minimum Gasteiger partial charge on any atom is -0.308 e. The average Bonchev–Trinajstić information content (AvgIpc) is 2.54. The van der Waals surface area contributed by atoms with E-state index in [4.69, 9.17) is 16.9 Å². The number of hydrogen-bond donors (Lipinski definition) is 3. The topological polar surface area (TPSA) is 89.3 Å². The first kappa shape index (κ1) is 15.4. The number of nitrogens with zero attached hydrogens (tertiary/aromatic N) is 2. The van der Waals surface area contributed by atoms with Crippen LogP contribution < -0.4 is 16.1 Å². The van der Waals surface area contributed by atoms with Gasteiger partial charge < -0.3 is 5.32 Å². The van der Waals surface area contributed by atoms with E-state index in [9.17, 15) is 4.79 Å². The highest BCUT2D eigenvalue weighted by Gasteiger charge is 1.99. The van der Waals surface area contributed by atoms with Gasteiger partial charge in [0.1, 0.15) is 6.34 Å². The Labute approximate surface area is 132 Å². The lowest BCUT2D eigenvalue weighted by Crippen LogP contribution is -2.27. The Balaban J connectivity index is 1.78. The largest absolute Gasteiger partial charge is 0.324 e. The van der Waals surface area contributed by atoms with E-state index in [0.29, 0.717) is 16.3 Å². The fourth-order valence-corrected chi connectivity index (χ4v) is 1.64. The van der Waals surface area contributed by atoms with Crippen molar-refractivity contribution < 1.29 is 4.79 Å². The smallest absolute Gasteiger partial charge is 0.308 e. The second-order valence-electron chi connectivity index (χ2n) is 4.16. The van der Waals surface area contributed by atoms with Crippen LogP contribution in [0.2, 0.25) is 5.02 Å². The summed E-state index contributed by atoms with van der Waals surface area (Å²) in [6.07, 6.45) is 1.23. The number of hydrogen-bond acceptors (Lipinski definition) is 4. The van der Waals surface area contributed by atoms with Crippen LogP contribution in [0.15, 0.2) is 53.6 Å². The van der Waals surface area contributed by atoms with Gasteiger partial charge in [0.2, 0.25) is 0 Å². The molecule has 0 unspecified atom stereocenters. The number of urea groups is 1. The average molecular weight is 314 g/mol. The van der Waals surface area contributed by atoms with Gasteiger partial charge in [-0.15, -0.1) is 0 Å². The Bertz CT molecular complexity index is 704. The molecule has 0 radical (unpaired) electrons. The molecule has 0 spiro atoms. The number of halogens is 1. The highest BCUT2D eigenvalue weighted by atomic mass is 35.5. The van der Waals surface area contributed by atoms with E-state index >= 15 is 0 Å². The minimum absolute atomic E-state index is 0.439. The Hall–Kier alpha value is -3.04. The molecule has 0 saturated carbocycles. The van der Waals surface area contributed by atoms with Gasteiger partial charge in [-0.1, -0.05) is 11.6 Å². The molecule has 0 atom stereocenters. The van der Waals surface area contributed by atoms with E-state index in [1.807, 2.05) is 6.07 Å². The van der Waals surface area contributed by atoms with Crippen LogP contribution in [0.4, 0.5) is 16.2 Å². The van der Waals surface area contributed by atoms with Crippen molar-refractivity contribution >= 4 is 35.3 Å². The summed E-state index contributed by atoms with van der Waals surface area (Å²) in [5, 5.41) is 18.2. The van der Waals surface area contributed by atoms with Gasteiger partial charge in [0.15, 0.2) is 0 Å². The maximum absolute atomic E-state index is 11.6. The third-order valence-corrected chi connectivity index (χ3v) is 2.82. The van der Waals surface area contributed by atoms with E-state index in [1.165, 1.54) is 6.34 Å². The Kier molecular flexibility index (Phi) is 5.35. The molecule has 0 aliphatic carbocycles. The summed E-state index contributed by atoms with van der Waals surface area (Å²) in [6.45, 7) is 0. The van der Waals surface area contributed by atoms with Crippen LogP contribution in [-0.2, 0) is 0 Å². The molecule has 0 aliphatic rings. The predicted octanol–water partition coefficient (Wildman–Crippen LogP) is 3.39. The Morgan fingerprint density at radius 1 is 1.09 bits per heavy atom. The molecule has 0 saturated heterocycles. The number of carbonyl (C=O) groups excluding carboxylic acids is 1. The summed E-state index contributed by atoms with van der Waals surface area (Å²) in [5.41, 5.74) is 4.59. The summed E-state index contributed by atoms with van der Waals surface area (Å²) in [7, 11) is 0. The highest BCUT2D eigenvalue weighted by Crippen LogP contribution is 2.12. The molecule has 0 aliphatic heterocycles. The molecule has 7 heteroatoms. The maximum Gasteiger partial charge on any atom is 0.324 e. The number of benzene rings is 2. The van der Waals surface area contributed by atoms with Crippen molar-refractivity contribution in [3.05, 3.63) is 59.1 Å². The van der Waals surface area contributed by atoms with Crippen LogP contribution in [0.1, 0.15) is 5.56 Å². The second-order valence-corrected chi connectivity index (χ2v) is 4.60. The van der Waals surface area contributed by atoms with Gasteiger partial charge in [0.25, 0.3) is 0 Å². The number of nitriles is 1. The van der Waals surface area contributed by atoms with Crippen LogP contribution >= 0.6 is 11.6 Å². The van der Waals surface area contributed by atoms with Crippen LogP contribution in [0, 0.1) is 11.3 Å². The van der Waals surface area contributed by atoms with Crippen molar-refractivity contribution in [2.75, 3.05) is 10.7 Å². The normalized spacial score (nSPS) is 10.0. The molecule has 0 fully saturated rings. The number of amides is 2. The fourth-order valence-electron chi connectivity index (χ4n) is 1.52. The second kappa shape index (κ2) is 7.67. The molecule has 0 aromatic heterocycles. The maximum atomic E-state index is 11.6. The summed E-state index contributed by atoms with van der Waals surface area (Å²) < 4.78 is 0. The van der Waals surface area contributed by atoms with Gasteiger partial charge in [0.05, 0.1) is 17.3 Å². The molecule has 0 bridgehead atoms. The third-order valence-electron chi connectivity index (χ3n) is 2.57. The molecule has 6 nitrogen and oxygen atoms in total. The van der Waals surface area contributed by atoms with Crippen molar-refractivity contribution in [1.82, 2.24) is 5.32 Å². The zero-order valence-electron chi connectivity index (χ0n) is 11.4. The number of hydrazone groups is 1. The lowest BCUT2D eigenvalue weighted by molar-refractivity contribution is 0.256. The van der Waals surface area contributed by atoms with Gasteiger partial charge in [-0.3, -0.25) is 10.7 Å². The van der Waals surface area contributed by atoms with Gasteiger partial charge >= 0.3 is 6.03 Å². The summed E-state index contributed by atoms with van der Waals surface area (Å²) in [6, 6.07) is 15.1. The SMILES string of the molecule is N#Cc1ccc(NC(=O)NC=NNc2ccc(Cl)cc2)cc1. The number of carbonyl (C=O) groups is 1. The molecule has 3 N–H and O–H groups in total. The Morgan fingerprint density at radius 2 is 1.73 bits per heavy atom. The molecular formula is C15H12ClN5O. The van der Waals surface area contributed by atoms with Crippen molar-refractivity contribution in [2.45, 2.75) is 0 Å². The van der Waals surface area contributed by atoms with Crippen LogP contribution in [0.3, 0.4) is 0 Å². The van der Waals surface area contributed by atoms with Crippen molar-refractivity contribution in [3.8, 4) is 6.07 Å². The van der Waals surface area contributed by atoms with E-state index in [0.717, 1.165) is 5.69 Å². The van der Waals surface area contributed by atoms with Gasteiger partial charge in [-0.25, -0.2) is 4.79 Å². The molecule has 2 aromatic carbocycles. The number of anilines is 2. The van der Waals surface area contributed by atoms with E-state index in [1.54, 1.807) is 48.5 Å². The standard InChI is InChI=1S/C15H12ClN5O/c16-12-3-7-14(8-4-12)21-19-10-18-15(22)20-13-5-1-11(9-17)2-6-13/h1-8,10,21H,(H2,18,19,20,22). The number of nitrogens with one attached hydrogen (secondary N) is 3. The van der Waals surface area contributed by atoms with E-state index in [-0.39, 0.29) is 0 Å². The van der Waals surface area contributed by atoms with E-state index < -0.39 is 6.03 Å². The van der Waals surface area contributed by atoms with Crippen molar-refractivity contribution in [3.63, 3.8) is 0 Å². The van der Waals surface area contributed by atoms with Crippen molar-refractivity contribution in [1.29, 1.82) is 5.26 Å². The monoisotopic (exact) mass is 313 g/mol. The van der Waals surface area contributed by atoms with Crippen LogP contribution in [0.5, 0.6) is 0 Å². The lowest BCUT2D eigenvalue weighted by Gasteiger charge is -2.04. The minimum atomic E-state index is -0.439. The molecular weight excluding hydrogens is 302 g/mol. The first-order chi connectivity index (χ1) is 10.7. The summed E-state index contributed by atoms with van der Waals surface area (Å²) >= 11 is 5.76. The molecule has 2 amide bonds. The highest BCUT2D eigenvalue weighted by molar-refractivity contribution is 6.30. The molecule has 0 heterocycles. The number of rotatable bonds is 4. The van der Waals surface area contributed by atoms with Gasteiger partial charge in [0, 0.05) is 10.7 Å². The van der Waals surface area contributed by atoms with Gasteiger partial charge in [-0.05, 0) is 48.5 Å². The van der Waals surface area contributed by atoms with E-state index in [2.05, 4.69) is 21.2 Å². The first-order valence-electron chi connectivity index (χ1n) is 6.28. The van der Waals surface area contributed by atoms with Crippen LogP contribution in [-0.4, -0.2) is 12.4 Å². The lowest BCUT2D eigenvalue weighted by atomic mass is 10.2. The Morgan fingerprint density at radius 3 is 2.36 bits per heavy atom. The third kappa shape index (κ3) is 4.81. The molecule has 110 valence electrons.